The third kappa shape index (κ3) is 3.60. The third-order valence-corrected chi connectivity index (χ3v) is 3.18. The third-order valence-electron chi connectivity index (χ3n) is 2.05. The molecule has 0 aliphatic heterocycles. The molecule has 1 unspecified atom stereocenters. The van der Waals surface area contributed by atoms with Crippen LogP contribution in [-0.2, 0) is 4.74 Å². The van der Waals surface area contributed by atoms with Gasteiger partial charge in [-0.25, -0.2) is 14.8 Å². The van der Waals surface area contributed by atoms with E-state index in [0.29, 0.717) is 11.6 Å². The second kappa shape index (κ2) is 6.81. The van der Waals surface area contributed by atoms with Crippen LogP contribution in [-0.4, -0.2) is 27.8 Å². The van der Waals surface area contributed by atoms with E-state index in [0.717, 1.165) is 0 Å². The highest BCUT2D eigenvalue weighted by Crippen LogP contribution is 2.23. The first-order valence-corrected chi connectivity index (χ1v) is 6.36. The van der Waals surface area contributed by atoms with Crippen LogP contribution in [0.2, 0.25) is 0 Å². The number of nitriles is 1. The van der Waals surface area contributed by atoms with Gasteiger partial charge in [-0.1, -0.05) is 18.7 Å². The van der Waals surface area contributed by atoms with Crippen LogP contribution >= 0.6 is 11.8 Å². The molecule has 0 aliphatic carbocycles. The Morgan fingerprint density at radius 1 is 1.67 bits per heavy atom. The minimum absolute atomic E-state index is 0.0683. The molecule has 1 aromatic rings. The summed E-state index contributed by atoms with van der Waals surface area (Å²) < 4.78 is 4.81. The minimum Gasteiger partial charge on any atom is -0.462 e. The standard InChI is InChI=1S/C11H14N4O2S/c1-3-7(5-12)18-11-14-6-8(9(13)15-11)10(16)17-4-2/h6-7H,3-4H2,1-2H3,(H2,13,14,15). The summed E-state index contributed by atoms with van der Waals surface area (Å²) in [6.07, 6.45) is 2.01. The number of ether oxygens (including phenoxy) is 1. The van der Waals surface area contributed by atoms with E-state index in [9.17, 15) is 4.79 Å². The molecule has 2 N–H and O–H groups in total. The monoisotopic (exact) mass is 266 g/mol. The fourth-order valence-corrected chi connectivity index (χ4v) is 1.87. The number of rotatable bonds is 5. The summed E-state index contributed by atoms with van der Waals surface area (Å²) in [5, 5.41) is 9.00. The van der Waals surface area contributed by atoms with Crippen molar-refractivity contribution in [3.05, 3.63) is 11.8 Å². The summed E-state index contributed by atoms with van der Waals surface area (Å²) in [5.41, 5.74) is 5.81. The number of nitrogens with zero attached hydrogens (tertiary/aromatic N) is 3. The van der Waals surface area contributed by atoms with Crippen molar-refractivity contribution in [2.45, 2.75) is 30.7 Å². The van der Waals surface area contributed by atoms with Crippen molar-refractivity contribution in [1.29, 1.82) is 5.26 Å². The predicted molar refractivity (Wildman–Crippen MR) is 67.9 cm³/mol. The van der Waals surface area contributed by atoms with Gasteiger partial charge in [0.15, 0.2) is 5.16 Å². The zero-order valence-electron chi connectivity index (χ0n) is 10.2. The van der Waals surface area contributed by atoms with E-state index in [1.807, 2.05) is 6.92 Å². The molecule has 0 saturated heterocycles. The number of thioether (sulfide) groups is 1. The number of hydrogen-bond acceptors (Lipinski definition) is 7. The molecule has 1 aromatic heterocycles. The number of carbonyl (C=O) groups excluding carboxylic acids is 1. The summed E-state index contributed by atoms with van der Waals surface area (Å²) >= 11 is 1.22. The fourth-order valence-electron chi connectivity index (χ4n) is 1.13. The normalized spacial score (nSPS) is 11.6. The van der Waals surface area contributed by atoms with Crippen LogP contribution in [0.1, 0.15) is 30.6 Å². The SMILES string of the molecule is CCOC(=O)c1cnc(SC(C#N)CC)nc1N. The van der Waals surface area contributed by atoms with Crippen molar-refractivity contribution in [2.75, 3.05) is 12.3 Å². The van der Waals surface area contributed by atoms with E-state index in [2.05, 4.69) is 16.0 Å². The molecule has 0 saturated carbocycles. The largest absolute Gasteiger partial charge is 0.462 e. The van der Waals surface area contributed by atoms with Crippen molar-refractivity contribution in [3.63, 3.8) is 0 Å². The molecule has 6 nitrogen and oxygen atoms in total. The van der Waals surface area contributed by atoms with E-state index in [1.165, 1.54) is 18.0 Å². The van der Waals surface area contributed by atoms with Gasteiger partial charge < -0.3 is 10.5 Å². The Bertz CT molecular complexity index is 473. The summed E-state index contributed by atoms with van der Waals surface area (Å²) in [7, 11) is 0. The van der Waals surface area contributed by atoms with Crippen molar-refractivity contribution in [3.8, 4) is 6.07 Å². The van der Waals surface area contributed by atoms with Gasteiger partial charge in [-0.2, -0.15) is 5.26 Å². The molecule has 0 aromatic carbocycles. The Balaban J connectivity index is 2.86. The maximum Gasteiger partial charge on any atom is 0.343 e. The van der Waals surface area contributed by atoms with E-state index < -0.39 is 5.97 Å². The topological polar surface area (TPSA) is 102 Å². The van der Waals surface area contributed by atoms with E-state index in [4.69, 9.17) is 15.7 Å². The Hall–Kier alpha value is -1.81. The molecule has 0 fully saturated rings. The van der Waals surface area contributed by atoms with Crippen LogP contribution in [0, 0.1) is 11.3 Å². The van der Waals surface area contributed by atoms with Gasteiger partial charge in [0.2, 0.25) is 0 Å². The van der Waals surface area contributed by atoms with Crippen LogP contribution in [0.5, 0.6) is 0 Å². The van der Waals surface area contributed by atoms with Gasteiger partial charge >= 0.3 is 5.97 Å². The molecule has 1 atom stereocenters. The van der Waals surface area contributed by atoms with Gasteiger partial charge in [-0.05, 0) is 13.3 Å². The van der Waals surface area contributed by atoms with Crippen molar-refractivity contribution in [2.24, 2.45) is 0 Å². The Morgan fingerprint density at radius 2 is 2.39 bits per heavy atom. The Labute approximate surface area is 110 Å². The number of nitrogen functional groups attached to an aromatic ring is 1. The summed E-state index contributed by atoms with van der Waals surface area (Å²) in [5.74, 6) is -0.474. The van der Waals surface area contributed by atoms with Crippen LogP contribution in [0.4, 0.5) is 5.82 Å². The Kier molecular flexibility index (Phi) is 5.39. The number of nitrogens with two attached hydrogens (primary N) is 1. The molecular formula is C11H14N4O2S. The Morgan fingerprint density at radius 3 is 2.89 bits per heavy atom. The lowest BCUT2D eigenvalue weighted by molar-refractivity contribution is 0.0526. The molecule has 0 spiro atoms. The first-order chi connectivity index (χ1) is 8.62. The molecule has 0 bridgehead atoms. The van der Waals surface area contributed by atoms with E-state index in [-0.39, 0.29) is 23.2 Å². The highest BCUT2D eigenvalue weighted by Gasteiger charge is 2.15. The van der Waals surface area contributed by atoms with E-state index >= 15 is 0 Å². The highest BCUT2D eigenvalue weighted by atomic mass is 32.2. The summed E-state index contributed by atoms with van der Waals surface area (Å²) in [4.78, 5) is 19.5. The fraction of sp³-hybridized carbons (Fsp3) is 0.455. The molecule has 18 heavy (non-hydrogen) atoms. The number of hydrogen-bond donors (Lipinski definition) is 1. The van der Waals surface area contributed by atoms with Gasteiger partial charge in [-0.15, -0.1) is 0 Å². The molecule has 0 amide bonds. The number of carbonyl (C=O) groups is 1. The quantitative estimate of drug-likeness (QED) is 0.491. The van der Waals surface area contributed by atoms with Gasteiger partial charge in [-0.3, -0.25) is 0 Å². The van der Waals surface area contributed by atoms with Crippen molar-refractivity contribution < 1.29 is 9.53 Å². The second-order valence-electron chi connectivity index (χ2n) is 3.32. The smallest absolute Gasteiger partial charge is 0.343 e. The molecule has 1 rings (SSSR count). The van der Waals surface area contributed by atoms with Crippen molar-refractivity contribution >= 4 is 23.5 Å². The summed E-state index contributed by atoms with van der Waals surface area (Å²) in [6, 6.07) is 2.13. The van der Waals surface area contributed by atoms with Crippen LogP contribution in [0.15, 0.2) is 11.4 Å². The lowest BCUT2D eigenvalue weighted by Crippen LogP contribution is -2.11. The molecular weight excluding hydrogens is 252 g/mol. The van der Waals surface area contributed by atoms with Crippen molar-refractivity contribution in [1.82, 2.24) is 9.97 Å². The van der Waals surface area contributed by atoms with Gasteiger partial charge in [0.25, 0.3) is 0 Å². The van der Waals surface area contributed by atoms with E-state index in [1.54, 1.807) is 6.92 Å². The maximum atomic E-state index is 11.5. The number of esters is 1. The predicted octanol–water partition coefficient (Wildman–Crippen LogP) is 1.63. The van der Waals surface area contributed by atoms with Gasteiger partial charge in [0.1, 0.15) is 11.4 Å². The zero-order valence-corrected chi connectivity index (χ0v) is 11.0. The zero-order chi connectivity index (χ0) is 13.5. The number of anilines is 1. The first kappa shape index (κ1) is 14.3. The summed E-state index contributed by atoms with van der Waals surface area (Å²) in [6.45, 7) is 3.87. The lowest BCUT2D eigenvalue weighted by Gasteiger charge is -2.07. The second-order valence-corrected chi connectivity index (χ2v) is 4.49. The van der Waals surface area contributed by atoms with Crippen LogP contribution < -0.4 is 5.73 Å². The molecule has 0 aliphatic rings. The lowest BCUT2D eigenvalue weighted by atomic mass is 10.3. The maximum absolute atomic E-state index is 11.5. The molecule has 7 heteroatoms. The average molecular weight is 266 g/mol. The van der Waals surface area contributed by atoms with Gasteiger partial charge in [0.05, 0.1) is 17.9 Å². The average Bonchev–Trinajstić information content (AvgIpc) is 2.36. The first-order valence-electron chi connectivity index (χ1n) is 5.48. The molecule has 96 valence electrons. The minimum atomic E-state index is -0.543. The van der Waals surface area contributed by atoms with Gasteiger partial charge in [0, 0.05) is 6.20 Å². The molecule has 1 heterocycles. The van der Waals surface area contributed by atoms with Crippen LogP contribution in [0.25, 0.3) is 0 Å². The molecule has 0 radical (unpaired) electrons. The highest BCUT2D eigenvalue weighted by molar-refractivity contribution is 8.00. The number of aromatic nitrogens is 2. The van der Waals surface area contributed by atoms with Crippen LogP contribution in [0.3, 0.4) is 0 Å².